The van der Waals surface area contributed by atoms with E-state index in [2.05, 4.69) is 10.6 Å². The van der Waals surface area contributed by atoms with Gasteiger partial charge in [-0.05, 0) is 30.4 Å². The predicted molar refractivity (Wildman–Crippen MR) is 86.4 cm³/mol. The fraction of sp³-hybridized carbons (Fsp3) is 0.312. The number of rotatable bonds is 1. The molecule has 0 saturated carbocycles. The van der Waals surface area contributed by atoms with Crippen LogP contribution in [-0.4, -0.2) is 41.4 Å². The van der Waals surface area contributed by atoms with E-state index >= 15 is 0 Å². The number of piperidine rings is 1. The minimum Gasteiger partial charge on any atom is -0.338 e. The molecule has 0 unspecified atom stereocenters. The van der Waals surface area contributed by atoms with E-state index in [9.17, 15) is 14.4 Å². The summed E-state index contributed by atoms with van der Waals surface area (Å²) in [7, 11) is 0. The van der Waals surface area contributed by atoms with Crippen molar-refractivity contribution in [2.75, 3.05) is 13.1 Å². The third-order valence-corrected chi connectivity index (χ3v) is 5.66. The van der Waals surface area contributed by atoms with Crippen molar-refractivity contribution in [1.82, 2.24) is 15.5 Å². The van der Waals surface area contributed by atoms with E-state index in [-0.39, 0.29) is 11.8 Å². The molecule has 3 heterocycles. The zero-order valence-corrected chi connectivity index (χ0v) is 13.1. The van der Waals surface area contributed by atoms with Gasteiger partial charge in [0.05, 0.1) is 4.88 Å². The molecular weight excluding hydrogens is 314 g/mol. The summed E-state index contributed by atoms with van der Waals surface area (Å²) in [6.45, 7) is 0.918. The number of fused-ring (bicyclic) bond motifs is 1. The van der Waals surface area contributed by atoms with E-state index in [0.29, 0.717) is 30.8 Å². The summed E-state index contributed by atoms with van der Waals surface area (Å²) in [4.78, 5) is 38.4. The topological polar surface area (TPSA) is 78.5 Å². The molecule has 7 heteroatoms. The first-order valence-corrected chi connectivity index (χ1v) is 8.30. The van der Waals surface area contributed by atoms with E-state index < -0.39 is 11.6 Å². The first-order chi connectivity index (χ1) is 11.1. The highest BCUT2D eigenvalue weighted by atomic mass is 32.1. The van der Waals surface area contributed by atoms with Gasteiger partial charge in [0.25, 0.3) is 11.8 Å². The number of hydrogen-bond acceptors (Lipinski definition) is 4. The van der Waals surface area contributed by atoms with Gasteiger partial charge in [0.15, 0.2) is 0 Å². The van der Waals surface area contributed by atoms with E-state index in [1.54, 1.807) is 4.90 Å². The highest BCUT2D eigenvalue weighted by Crippen LogP contribution is 2.30. The van der Waals surface area contributed by atoms with Gasteiger partial charge in [-0.2, -0.15) is 0 Å². The van der Waals surface area contributed by atoms with Gasteiger partial charge in [0.1, 0.15) is 5.54 Å². The second-order valence-electron chi connectivity index (χ2n) is 5.93. The second kappa shape index (κ2) is 5.06. The Morgan fingerprint density at radius 1 is 1.17 bits per heavy atom. The van der Waals surface area contributed by atoms with Crippen LogP contribution in [0, 0.1) is 0 Å². The van der Waals surface area contributed by atoms with Crippen molar-refractivity contribution in [3.05, 3.63) is 35.2 Å². The molecule has 0 bridgehead atoms. The zero-order chi connectivity index (χ0) is 16.0. The molecule has 2 aliphatic heterocycles. The van der Waals surface area contributed by atoms with Gasteiger partial charge in [-0.1, -0.05) is 18.2 Å². The highest BCUT2D eigenvalue weighted by molar-refractivity contribution is 7.20. The van der Waals surface area contributed by atoms with Gasteiger partial charge >= 0.3 is 6.03 Å². The molecule has 1 aromatic carbocycles. The molecule has 4 rings (SSSR count). The normalized spacial score (nSPS) is 19.9. The van der Waals surface area contributed by atoms with E-state index in [1.807, 2.05) is 30.3 Å². The number of urea groups is 1. The number of carbonyl (C=O) groups is 3. The van der Waals surface area contributed by atoms with Crippen molar-refractivity contribution in [3.8, 4) is 0 Å². The van der Waals surface area contributed by atoms with Gasteiger partial charge in [0, 0.05) is 17.8 Å². The van der Waals surface area contributed by atoms with Crippen LogP contribution in [0.3, 0.4) is 0 Å². The summed E-state index contributed by atoms with van der Waals surface area (Å²) in [6.07, 6.45) is 0.891. The number of likely N-dealkylation sites (tertiary alicyclic amines) is 1. The van der Waals surface area contributed by atoms with Crippen LogP contribution in [0.25, 0.3) is 10.1 Å². The predicted octanol–water partition coefficient (Wildman–Crippen LogP) is 1.72. The molecule has 0 aliphatic carbocycles. The van der Waals surface area contributed by atoms with Crippen LogP contribution in [0.15, 0.2) is 30.3 Å². The Kier molecular flexibility index (Phi) is 3.12. The standard InChI is InChI=1S/C16H15N3O3S/c20-13(12-9-10-3-1-2-4-11(10)23-12)19-7-5-16(6-8-19)14(21)17-15(22)18-16/h1-4,9H,5-8H2,(H2,17,18,21,22). The Morgan fingerprint density at radius 2 is 1.91 bits per heavy atom. The molecule has 2 N–H and O–H groups in total. The fourth-order valence-electron chi connectivity index (χ4n) is 3.21. The van der Waals surface area contributed by atoms with Crippen LogP contribution in [-0.2, 0) is 4.79 Å². The largest absolute Gasteiger partial charge is 0.338 e. The van der Waals surface area contributed by atoms with Crippen LogP contribution >= 0.6 is 11.3 Å². The summed E-state index contributed by atoms with van der Waals surface area (Å²) >= 11 is 1.48. The number of imide groups is 1. The van der Waals surface area contributed by atoms with Crippen molar-refractivity contribution >= 4 is 39.3 Å². The van der Waals surface area contributed by atoms with E-state index in [4.69, 9.17) is 0 Å². The quantitative estimate of drug-likeness (QED) is 0.782. The molecule has 2 fully saturated rings. The molecule has 4 amide bonds. The van der Waals surface area contributed by atoms with E-state index in [1.165, 1.54) is 11.3 Å². The molecule has 2 aliphatic rings. The average Bonchev–Trinajstić information content (AvgIpc) is 3.09. The summed E-state index contributed by atoms with van der Waals surface area (Å²) in [5.74, 6) is -0.290. The number of thiophene rings is 1. The molecule has 1 aromatic heterocycles. The maximum atomic E-state index is 12.7. The van der Waals surface area contributed by atoms with Crippen molar-refractivity contribution in [3.63, 3.8) is 0 Å². The molecule has 0 radical (unpaired) electrons. The first-order valence-electron chi connectivity index (χ1n) is 7.49. The molecule has 118 valence electrons. The molecule has 0 atom stereocenters. The Hall–Kier alpha value is -2.41. The number of amides is 4. The number of benzene rings is 1. The van der Waals surface area contributed by atoms with Crippen LogP contribution in [0.2, 0.25) is 0 Å². The lowest BCUT2D eigenvalue weighted by Crippen LogP contribution is -2.55. The molecule has 6 nitrogen and oxygen atoms in total. The van der Waals surface area contributed by atoms with Crippen molar-refractivity contribution in [2.45, 2.75) is 18.4 Å². The van der Waals surface area contributed by atoms with Gasteiger partial charge < -0.3 is 10.2 Å². The number of nitrogens with zero attached hydrogens (tertiary/aromatic N) is 1. The molecule has 23 heavy (non-hydrogen) atoms. The Morgan fingerprint density at radius 3 is 2.57 bits per heavy atom. The molecular formula is C16H15N3O3S. The summed E-state index contributed by atoms with van der Waals surface area (Å²) < 4.78 is 1.09. The first kappa shape index (κ1) is 14.2. The maximum Gasteiger partial charge on any atom is 0.322 e. The Labute approximate surface area is 136 Å². The second-order valence-corrected chi connectivity index (χ2v) is 7.01. The lowest BCUT2D eigenvalue weighted by atomic mass is 9.87. The van der Waals surface area contributed by atoms with Crippen LogP contribution in [0.1, 0.15) is 22.5 Å². The van der Waals surface area contributed by atoms with Crippen LogP contribution in [0.4, 0.5) is 4.79 Å². The zero-order valence-electron chi connectivity index (χ0n) is 12.3. The van der Waals surface area contributed by atoms with Gasteiger partial charge in [-0.25, -0.2) is 4.79 Å². The lowest BCUT2D eigenvalue weighted by molar-refractivity contribution is -0.125. The number of nitrogens with one attached hydrogen (secondary N) is 2. The molecule has 2 aromatic rings. The van der Waals surface area contributed by atoms with Crippen molar-refractivity contribution < 1.29 is 14.4 Å². The third-order valence-electron chi connectivity index (χ3n) is 4.56. The summed E-state index contributed by atoms with van der Waals surface area (Å²) in [6, 6.07) is 9.37. The summed E-state index contributed by atoms with van der Waals surface area (Å²) in [5.41, 5.74) is -0.839. The maximum absolute atomic E-state index is 12.7. The van der Waals surface area contributed by atoms with Gasteiger partial charge in [-0.15, -0.1) is 11.3 Å². The lowest BCUT2D eigenvalue weighted by Gasteiger charge is -2.36. The smallest absolute Gasteiger partial charge is 0.322 e. The number of carbonyl (C=O) groups excluding carboxylic acids is 3. The Bertz CT molecular complexity index is 788. The van der Waals surface area contributed by atoms with Crippen molar-refractivity contribution in [2.24, 2.45) is 0 Å². The number of hydrogen-bond donors (Lipinski definition) is 2. The highest BCUT2D eigenvalue weighted by Gasteiger charge is 2.48. The van der Waals surface area contributed by atoms with Crippen molar-refractivity contribution in [1.29, 1.82) is 0 Å². The van der Waals surface area contributed by atoms with Crippen LogP contribution in [0.5, 0.6) is 0 Å². The summed E-state index contributed by atoms with van der Waals surface area (Å²) in [5, 5.41) is 6.05. The Balaban J connectivity index is 1.51. The van der Waals surface area contributed by atoms with E-state index in [0.717, 1.165) is 10.1 Å². The average molecular weight is 329 g/mol. The minimum absolute atomic E-state index is 0.00854. The van der Waals surface area contributed by atoms with Gasteiger partial charge in [-0.3, -0.25) is 14.9 Å². The molecule has 1 spiro atoms. The third kappa shape index (κ3) is 2.28. The van der Waals surface area contributed by atoms with Crippen LogP contribution < -0.4 is 10.6 Å². The molecule has 2 saturated heterocycles. The SMILES string of the molecule is O=C1NC(=O)C2(CCN(C(=O)c3cc4ccccc4s3)CC2)N1. The fourth-order valence-corrected chi connectivity index (χ4v) is 4.25. The minimum atomic E-state index is -0.839. The monoisotopic (exact) mass is 329 g/mol. The van der Waals surface area contributed by atoms with Gasteiger partial charge in [0.2, 0.25) is 0 Å².